The zero-order chi connectivity index (χ0) is 13.9. The predicted octanol–water partition coefficient (Wildman–Crippen LogP) is 3.07. The van der Waals surface area contributed by atoms with Crippen LogP contribution in [0.4, 0.5) is 4.39 Å². The summed E-state index contributed by atoms with van der Waals surface area (Å²) in [4.78, 5) is 0. The molecule has 2 rings (SSSR count). The van der Waals surface area contributed by atoms with Gasteiger partial charge in [0, 0.05) is 30.4 Å². The first-order valence-electron chi connectivity index (χ1n) is 6.45. The lowest BCUT2D eigenvalue weighted by Gasteiger charge is -2.18. The minimum Gasteiger partial charge on any atom is -0.308 e. The maximum absolute atomic E-state index is 13.4. The quantitative estimate of drug-likeness (QED) is 0.916. The van der Waals surface area contributed by atoms with E-state index >= 15 is 0 Å². The highest BCUT2D eigenvalue weighted by Gasteiger charge is 2.13. The Hall–Kier alpha value is -1.68. The summed E-state index contributed by atoms with van der Waals surface area (Å²) < 4.78 is 15.4. The van der Waals surface area contributed by atoms with Gasteiger partial charge >= 0.3 is 0 Å². The third-order valence-corrected chi connectivity index (χ3v) is 2.93. The van der Waals surface area contributed by atoms with E-state index in [1.165, 1.54) is 6.07 Å². The first-order valence-corrected chi connectivity index (χ1v) is 6.45. The molecule has 0 atom stereocenters. The Morgan fingerprint density at radius 2 is 1.95 bits per heavy atom. The minimum absolute atomic E-state index is 0.0101. The van der Waals surface area contributed by atoms with Gasteiger partial charge in [-0.2, -0.15) is 5.10 Å². The average Bonchev–Trinajstić information content (AvgIpc) is 2.80. The van der Waals surface area contributed by atoms with Gasteiger partial charge in [-0.05, 0) is 26.8 Å². The molecule has 0 aliphatic rings. The van der Waals surface area contributed by atoms with Crippen molar-refractivity contribution in [2.24, 2.45) is 0 Å². The summed E-state index contributed by atoms with van der Waals surface area (Å²) in [7, 11) is 0. The summed E-state index contributed by atoms with van der Waals surface area (Å²) >= 11 is 0. The lowest BCUT2D eigenvalue weighted by molar-refractivity contribution is 0.355. The van der Waals surface area contributed by atoms with Crippen molar-refractivity contribution >= 4 is 0 Å². The van der Waals surface area contributed by atoms with Crippen molar-refractivity contribution in [3.63, 3.8) is 0 Å². The van der Waals surface area contributed by atoms with E-state index in [4.69, 9.17) is 0 Å². The van der Waals surface area contributed by atoms with Gasteiger partial charge in [0.1, 0.15) is 5.82 Å². The van der Waals surface area contributed by atoms with E-state index in [9.17, 15) is 4.39 Å². The molecule has 0 radical (unpaired) electrons. The third-order valence-electron chi connectivity index (χ3n) is 2.93. The number of halogens is 1. The highest BCUT2D eigenvalue weighted by atomic mass is 19.1. The molecule has 0 aliphatic carbocycles. The second kappa shape index (κ2) is 5.53. The van der Waals surface area contributed by atoms with Crippen LogP contribution in [0.1, 0.15) is 31.9 Å². The van der Waals surface area contributed by atoms with Crippen LogP contribution in [0.15, 0.2) is 36.7 Å². The fourth-order valence-corrected chi connectivity index (χ4v) is 1.80. The molecule has 0 bridgehead atoms. The van der Waals surface area contributed by atoms with E-state index in [1.807, 2.05) is 23.1 Å². The van der Waals surface area contributed by atoms with Gasteiger partial charge in [0.05, 0.1) is 11.7 Å². The van der Waals surface area contributed by atoms with Crippen LogP contribution in [0.25, 0.3) is 0 Å². The third kappa shape index (κ3) is 3.64. The van der Waals surface area contributed by atoms with Gasteiger partial charge in [0.15, 0.2) is 0 Å². The van der Waals surface area contributed by atoms with Crippen LogP contribution in [-0.2, 0) is 18.6 Å². The van der Waals surface area contributed by atoms with Crippen LogP contribution >= 0.6 is 0 Å². The van der Waals surface area contributed by atoms with Gasteiger partial charge in [0.25, 0.3) is 0 Å². The molecule has 1 heterocycles. The lowest BCUT2D eigenvalue weighted by atomic mass is 10.1. The first kappa shape index (κ1) is 13.7. The molecule has 1 aromatic heterocycles. The number of benzene rings is 1. The summed E-state index contributed by atoms with van der Waals surface area (Å²) in [5.41, 5.74) is 1.78. The molecule has 0 fully saturated rings. The van der Waals surface area contributed by atoms with Crippen molar-refractivity contribution in [2.75, 3.05) is 0 Å². The second-order valence-electron chi connectivity index (χ2n) is 5.66. The average molecular weight is 261 g/mol. The van der Waals surface area contributed by atoms with E-state index in [2.05, 4.69) is 31.2 Å². The number of hydrogen-bond donors (Lipinski definition) is 1. The van der Waals surface area contributed by atoms with E-state index < -0.39 is 0 Å². The van der Waals surface area contributed by atoms with Crippen molar-refractivity contribution in [1.29, 1.82) is 0 Å². The molecule has 0 saturated heterocycles. The van der Waals surface area contributed by atoms with Crippen molar-refractivity contribution in [2.45, 2.75) is 39.4 Å². The summed E-state index contributed by atoms with van der Waals surface area (Å²) in [6.45, 7) is 7.53. The maximum atomic E-state index is 13.4. The monoisotopic (exact) mass is 261 g/mol. The SMILES string of the molecule is CC(C)(C)n1cc(CNCc2ccccc2F)cn1. The molecule has 19 heavy (non-hydrogen) atoms. The second-order valence-corrected chi connectivity index (χ2v) is 5.66. The van der Waals surface area contributed by atoms with Gasteiger partial charge in [0.2, 0.25) is 0 Å². The van der Waals surface area contributed by atoms with Crippen LogP contribution < -0.4 is 5.32 Å². The van der Waals surface area contributed by atoms with Gasteiger partial charge in [-0.25, -0.2) is 4.39 Å². The Morgan fingerprint density at radius 3 is 2.58 bits per heavy atom. The molecule has 102 valence electrons. The standard InChI is InChI=1S/C15H20FN3/c1-15(2,3)19-11-12(9-18-19)8-17-10-13-6-4-5-7-14(13)16/h4-7,9,11,17H,8,10H2,1-3H3. The number of rotatable bonds is 4. The summed E-state index contributed by atoms with van der Waals surface area (Å²) in [6.07, 6.45) is 3.87. The van der Waals surface area contributed by atoms with Gasteiger partial charge in [-0.15, -0.1) is 0 Å². The first-order chi connectivity index (χ1) is 8.97. The molecule has 3 nitrogen and oxygen atoms in total. The fraction of sp³-hybridized carbons (Fsp3) is 0.400. The van der Waals surface area contributed by atoms with E-state index in [-0.39, 0.29) is 11.4 Å². The van der Waals surface area contributed by atoms with Crippen molar-refractivity contribution < 1.29 is 4.39 Å². The molecule has 1 N–H and O–H groups in total. The Bertz CT molecular complexity index is 540. The molecule has 0 spiro atoms. The molecule has 0 saturated carbocycles. The molecule has 0 unspecified atom stereocenters. The zero-order valence-electron chi connectivity index (χ0n) is 11.7. The Morgan fingerprint density at radius 1 is 1.21 bits per heavy atom. The molecule has 0 amide bonds. The van der Waals surface area contributed by atoms with Crippen LogP contribution in [-0.4, -0.2) is 9.78 Å². The van der Waals surface area contributed by atoms with E-state index in [0.717, 1.165) is 5.56 Å². The summed E-state index contributed by atoms with van der Waals surface area (Å²) in [5, 5.41) is 7.56. The molecule has 1 aromatic carbocycles. The van der Waals surface area contributed by atoms with Gasteiger partial charge in [-0.1, -0.05) is 18.2 Å². The fourth-order valence-electron chi connectivity index (χ4n) is 1.80. The highest BCUT2D eigenvalue weighted by molar-refractivity contribution is 5.17. The summed E-state index contributed by atoms with van der Waals surface area (Å²) in [5.74, 6) is -0.166. The Kier molecular flexibility index (Phi) is 4.00. The normalized spacial score (nSPS) is 11.8. The van der Waals surface area contributed by atoms with E-state index in [0.29, 0.717) is 18.7 Å². The molecule has 0 aliphatic heterocycles. The number of hydrogen-bond acceptors (Lipinski definition) is 2. The van der Waals surface area contributed by atoms with Crippen LogP contribution in [0.5, 0.6) is 0 Å². The van der Waals surface area contributed by atoms with E-state index in [1.54, 1.807) is 12.1 Å². The molecule has 2 aromatic rings. The number of nitrogens with zero attached hydrogens (tertiary/aromatic N) is 2. The van der Waals surface area contributed by atoms with Gasteiger partial charge < -0.3 is 5.32 Å². The topological polar surface area (TPSA) is 29.9 Å². The van der Waals surface area contributed by atoms with Crippen LogP contribution in [0.2, 0.25) is 0 Å². The molecule has 4 heteroatoms. The van der Waals surface area contributed by atoms with Crippen LogP contribution in [0.3, 0.4) is 0 Å². The number of nitrogens with one attached hydrogen (secondary N) is 1. The maximum Gasteiger partial charge on any atom is 0.127 e. The van der Waals surface area contributed by atoms with Crippen molar-refractivity contribution in [3.05, 3.63) is 53.6 Å². The Labute approximate surface area is 113 Å². The van der Waals surface area contributed by atoms with Crippen LogP contribution in [0, 0.1) is 5.82 Å². The van der Waals surface area contributed by atoms with Crippen molar-refractivity contribution in [3.8, 4) is 0 Å². The molecular formula is C15H20FN3. The van der Waals surface area contributed by atoms with Crippen molar-refractivity contribution in [1.82, 2.24) is 15.1 Å². The van der Waals surface area contributed by atoms with Gasteiger partial charge in [-0.3, -0.25) is 4.68 Å². The largest absolute Gasteiger partial charge is 0.308 e. The zero-order valence-corrected chi connectivity index (χ0v) is 11.7. The Balaban J connectivity index is 1.90. The number of aromatic nitrogens is 2. The smallest absolute Gasteiger partial charge is 0.127 e. The highest BCUT2D eigenvalue weighted by Crippen LogP contribution is 2.13. The molecular weight excluding hydrogens is 241 g/mol. The lowest BCUT2D eigenvalue weighted by Crippen LogP contribution is -2.22. The minimum atomic E-state index is -0.166. The summed E-state index contributed by atoms with van der Waals surface area (Å²) in [6, 6.07) is 6.82. The predicted molar refractivity (Wildman–Crippen MR) is 74.2 cm³/mol.